The molecule has 0 fully saturated rings. The number of pyridine rings is 1. The molecule has 24 heavy (non-hydrogen) atoms. The van der Waals surface area contributed by atoms with Crippen LogP contribution in [0.4, 0.5) is 0 Å². The van der Waals surface area contributed by atoms with Gasteiger partial charge in [-0.15, -0.1) is 11.8 Å². The summed E-state index contributed by atoms with van der Waals surface area (Å²) in [6.45, 7) is 0. The lowest BCUT2D eigenvalue weighted by Crippen LogP contribution is -1.97. The number of para-hydroxylation sites is 1. The van der Waals surface area contributed by atoms with E-state index in [1.807, 2.05) is 47.3 Å². The second-order valence-electron chi connectivity index (χ2n) is 5.09. The smallest absolute Gasteiger partial charge is 0.167 e. The summed E-state index contributed by atoms with van der Waals surface area (Å²) in [7, 11) is 0. The summed E-state index contributed by atoms with van der Waals surface area (Å²) in [6.07, 6.45) is 5.16. The molecule has 7 heteroatoms. The molecule has 0 aliphatic rings. The Morgan fingerprint density at radius 2 is 1.83 bits per heavy atom. The first kappa shape index (κ1) is 15.1. The minimum atomic E-state index is 0.498. The molecule has 0 aliphatic heterocycles. The van der Waals surface area contributed by atoms with Gasteiger partial charge in [0.2, 0.25) is 0 Å². The standard InChI is InChI=1S/C17H12ClN5S/c18-15-7-6-12(8-19-15)10-24-17-14-9-22-23(16(14)20-11-21-17)13-4-2-1-3-5-13/h1-9,11H,10H2. The molecule has 118 valence electrons. The zero-order valence-electron chi connectivity index (χ0n) is 12.5. The van der Waals surface area contributed by atoms with Gasteiger partial charge in [-0.2, -0.15) is 5.10 Å². The number of hydrogen-bond donors (Lipinski definition) is 0. The van der Waals surface area contributed by atoms with Crippen LogP contribution in [0.3, 0.4) is 0 Å². The van der Waals surface area contributed by atoms with Crippen molar-refractivity contribution in [3.63, 3.8) is 0 Å². The van der Waals surface area contributed by atoms with Crippen molar-refractivity contribution in [2.24, 2.45) is 0 Å². The van der Waals surface area contributed by atoms with Crippen LogP contribution in [0.1, 0.15) is 5.56 Å². The predicted molar refractivity (Wildman–Crippen MR) is 95.5 cm³/mol. The molecule has 0 bridgehead atoms. The summed E-state index contributed by atoms with van der Waals surface area (Å²) in [5.41, 5.74) is 2.86. The van der Waals surface area contributed by atoms with Crippen molar-refractivity contribution >= 4 is 34.4 Å². The second kappa shape index (κ2) is 6.59. The molecule has 1 aromatic carbocycles. The highest BCUT2D eigenvalue weighted by Gasteiger charge is 2.11. The third-order valence-corrected chi connectivity index (χ3v) is 4.79. The Hall–Kier alpha value is -2.44. The number of halogens is 1. The molecule has 0 amide bonds. The first-order chi connectivity index (χ1) is 11.8. The SMILES string of the molecule is Clc1ccc(CSc2ncnc3c2cnn3-c2ccccc2)cn1. The molecule has 4 aromatic rings. The fourth-order valence-corrected chi connectivity index (χ4v) is 3.35. The largest absolute Gasteiger partial charge is 0.244 e. The van der Waals surface area contributed by atoms with Crippen LogP contribution in [-0.4, -0.2) is 24.7 Å². The van der Waals surface area contributed by atoms with Gasteiger partial charge in [-0.25, -0.2) is 19.6 Å². The van der Waals surface area contributed by atoms with Crippen LogP contribution in [0.5, 0.6) is 0 Å². The fraction of sp³-hybridized carbons (Fsp3) is 0.0588. The quantitative estimate of drug-likeness (QED) is 0.313. The summed E-state index contributed by atoms with van der Waals surface area (Å²) in [5.74, 6) is 0.757. The zero-order valence-corrected chi connectivity index (χ0v) is 14.1. The minimum absolute atomic E-state index is 0.498. The van der Waals surface area contributed by atoms with E-state index in [-0.39, 0.29) is 0 Å². The van der Waals surface area contributed by atoms with Crippen molar-refractivity contribution < 1.29 is 0 Å². The van der Waals surface area contributed by atoms with Crippen LogP contribution in [0.15, 0.2) is 66.2 Å². The van der Waals surface area contributed by atoms with Gasteiger partial charge in [-0.05, 0) is 23.8 Å². The summed E-state index contributed by atoms with van der Waals surface area (Å²) in [4.78, 5) is 12.9. The molecule has 0 atom stereocenters. The van der Waals surface area contributed by atoms with E-state index in [1.54, 1.807) is 30.4 Å². The van der Waals surface area contributed by atoms with Crippen molar-refractivity contribution in [1.82, 2.24) is 24.7 Å². The molecular formula is C17H12ClN5S. The van der Waals surface area contributed by atoms with Gasteiger partial charge in [-0.3, -0.25) is 0 Å². The van der Waals surface area contributed by atoms with Crippen molar-refractivity contribution in [2.75, 3.05) is 0 Å². The van der Waals surface area contributed by atoms with E-state index < -0.39 is 0 Å². The van der Waals surface area contributed by atoms with Crippen LogP contribution in [0.25, 0.3) is 16.7 Å². The Kier molecular flexibility index (Phi) is 4.15. The van der Waals surface area contributed by atoms with Crippen molar-refractivity contribution in [3.05, 3.63) is 71.9 Å². The first-order valence-corrected chi connectivity index (χ1v) is 8.65. The molecule has 3 aromatic heterocycles. The van der Waals surface area contributed by atoms with Gasteiger partial charge < -0.3 is 0 Å². The molecule has 0 saturated heterocycles. The van der Waals surface area contributed by atoms with Crippen molar-refractivity contribution in [2.45, 2.75) is 10.8 Å². The maximum atomic E-state index is 5.82. The number of nitrogens with zero attached hydrogens (tertiary/aromatic N) is 5. The van der Waals surface area contributed by atoms with Gasteiger partial charge in [0.1, 0.15) is 16.5 Å². The average Bonchev–Trinajstić information content (AvgIpc) is 3.07. The number of hydrogen-bond acceptors (Lipinski definition) is 5. The molecule has 5 nitrogen and oxygen atoms in total. The van der Waals surface area contributed by atoms with E-state index in [0.717, 1.165) is 33.1 Å². The lowest BCUT2D eigenvalue weighted by molar-refractivity contribution is 0.893. The van der Waals surface area contributed by atoms with Crippen molar-refractivity contribution in [1.29, 1.82) is 0 Å². The van der Waals surface area contributed by atoms with E-state index in [9.17, 15) is 0 Å². The van der Waals surface area contributed by atoms with Crippen LogP contribution >= 0.6 is 23.4 Å². The van der Waals surface area contributed by atoms with E-state index in [0.29, 0.717) is 5.15 Å². The third kappa shape index (κ3) is 2.98. The van der Waals surface area contributed by atoms with Gasteiger partial charge in [0, 0.05) is 11.9 Å². The Labute approximate surface area is 147 Å². The van der Waals surface area contributed by atoms with Crippen LogP contribution < -0.4 is 0 Å². The minimum Gasteiger partial charge on any atom is -0.244 e. The van der Waals surface area contributed by atoms with Crippen LogP contribution in [-0.2, 0) is 5.75 Å². The van der Waals surface area contributed by atoms with Gasteiger partial charge >= 0.3 is 0 Å². The summed E-state index contributed by atoms with van der Waals surface area (Å²) in [6, 6.07) is 13.7. The number of thioether (sulfide) groups is 1. The molecule has 0 unspecified atom stereocenters. The van der Waals surface area contributed by atoms with Crippen LogP contribution in [0, 0.1) is 0 Å². The fourth-order valence-electron chi connectivity index (χ4n) is 2.34. The van der Waals surface area contributed by atoms with Gasteiger partial charge in [0.05, 0.1) is 17.3 Å². The maximum absolute atomic E-state index is 5.82. The Balaban J connectivity index is 1.65. The average molecular weight is 354 g/mol. The highest BCUT2D eigenvalue weighted by atomic mass is 35.5. The summed E-state index contributed by atoms with van der Waals surface area (Å²) < 4.78 is 1.82. The van der Waals surface area contributed by atoms with Gasteiger partial charge in [-0.1, -0.05) is 35.9 Å². The van der Waals surface area contributed by atoms with Gasteiger partial charge in [0.15, 0.2) is 5.65 Å². The monoisotopic (exact) mass is 353 g/mol. The highest BCUT2D eigenvalue weighted by molar-refractivity contribution is 7.98. The number of aromatic nitrogens is 5. The molecule has 0 N–H and O–H groups in total. The zero-order chi connectivity index (χ0) is 16.4. The van der Waals surface area contributed by atoms with E-state index in [1.165, 1.54) is 0 Å². The maximum Gasteiger partial charge on any atom is 0.167 e. The Morgan fingerprint density at radius 1 is 0.958 bits per heavy atom. The second-order valence-corrected chi connectivity index (χ2v) is 6.44. The van der Waals surface area contributed by atoms with Crippen molar-refractivity contribution in [3.8, 4) is 5.69 Å². The van der Waals surface area contributed by atoms with Gasteiger partial charge in [0.25, 0.3) is 0 Å². The number of fused-ring (bicyclic) bond motifs is 1. The lowest BCUT2D eigenvalue weighted by Gasteiger charge is -2.04. The Morgan fingerprint density at radius 3 is 2.62 bits per heavy atom. The van der Waals surface area contributed by atoms with E-state index >= 15 is 0 Å². The molecule has 0 spiro atoms. The summed E-state index contributed by atoms with van der Waals surface area (Å²) in [5, 5.41) is 6.80. The molecular weight excluding hydrogens is 342 g/mol. The molecule has 0 aliphatic carbocycles. The van der Waals surface area contributed by atoms with Crippen LogP contribution in [0.2, 0.25) is 5.15 Å². The van der Waals surface area contributed by atoms with E-state index in [2.05, 4.69) is 20.1 Å². The number of benzene rings is 1. The molecule has 0 saturated carbocycles. The predicted octanol–water partition coefficient (Wildman–Crippen LogP) is 4.16. The Bertz CT molecular complexity index is 969. The topological polar surface area (TPSA) is 56.5 Å². The lowest BCUT2D eigenvalue weighted by atomic mass is 10.3. The normalized spacial score (nSPS) is 11.0. The number of rotatable bonds is 4. The highest BCUT2D eigenvalue weighted by Crippen LogP contribution is 2.28. The first-order valence-electron chi connectivity index (χ1n) is 7.28. The third-order valence-electron chi connectivity index (χ3n) is 3.49. The van der Waals surface area contributed by atoms with E-state index in [4.69, 9.17) is 11.6 Å². The summed E-state index contributed by atoms with van der Waals surface area (Å²) >= 11 is 7.45. The molecule has 4 rings (SSSR count). The molecule has 3 heterocycles. The molecule has 0 radical (unpaired) electrons.